The number of ether oxygens (including phenoxy) is 1. The highest BCUT2D eigenvalue weighted by atomic mass is 16.5. The summed E-state index contributed by atoms with van der Waals surface area (Å²) in [6, 6.07) is 21.5. The molecule has 0 bridgehead atoms. The van der Waals surface area contributed by atoms with Crippen LogP contribution in [-0.2, 0) is 19.3 Å². The van der Waals surface area contributed by atoms with Crippen LogP contribution < -0.4 is 4.74 Å². The number of pyridine rings is 1. The number of rotatable bonds is 10. The van der Waals surface area contributed by atoms with Gasteiger partial charge in [0, 0.05) is 11.9 Å². The van der Waals surface area contributed by atoms with E-state index in [2.05, 4.69) is 66.6 Å². The lowest BCUT2D eigenvalue weighted by Gasteiger charge is -2.07. The third-order valence-electron chi connectivity index (χ3n) is 5.25. The van der Waals surface area contributed by atoms with Crippen LogP contribution in [0.4, 0.5) is 0 Å². The summed E-state index contributed by atoms with van der Waals surface area (Å²) < 4.78 is 5.23. The fourth-order valence-corrected chi connectivity index (χ4v) is 3.42. The minimum Gasteiger partial charge on any atom is -0.497 e. The van der Waals surface area contributed by atoms with Crippen LogP contribution in [0.1, 0.15) is 49.4 Å². The first-order valence-corrected chi connectivity index (χ1v) is 10.5. The van der Waals surface area contributed by atoms with Gasteiger partial charge in [0.1, 0.15) is 5.75 Å². The van der Waals surface area contributed by atoms with Gasteiger partial charge in [-0.15, -0.1) is 0 Å². The van der Waals surface area contributed by atoms with E-state index in [-0.39, 0.29) is 0 Å². The Morgan fingerprint density at radius 1 is 0.679 bits per heavy atom. The third-order valence-corrected chi connectivity index (χ3v) is 5.25. The Kier molecular flexibility index (Phi) is 7.66. The summed E-state index contributed by atoms with van der Waals surface area (Å²) in [7, 11) is 1.69. The maximum Gasteiger partial charge on any atom is 0.118 e. The molecule has 0 saturated carbocycles. The smallest absolute Gasteiger partial charge is 0.118 e. The Bertz CT molecular complexity index is 820. The predicted octanol–water partition coefficient (Wildman–Crippen LogP) is 6.67. The van der Waals surface area contributed by atoms with Gasteiger partial charge >= 0.3 is 0 Å². The van der Waals surface area contributed by atoms with Crippen molar-refractivity contribution in [1.82, 2.24) is 4.98 Å². The summed E-state index contributed by atoms with van der Waals surface area (Å²) in [4.78, 5) is 4.65. The van der Waals surface area contributed by atoms with Crippen molar-refractivity contribution in [3.05, 3.63) is 83.7 Å². The quantitative estimate of drug-likeness (QED) is 0.370. The molecule has 0 aliphatic rings. The van der Waals surface area contributed by atoms with E-state index in [0.717, 1.165) is 25.0 Å². The second-order valence-corrected chi connectivity index (χ2v) is 7.39. The molecule has 0 saturated heterocycles. The maximum atomic E-state index is 5.23. The van der Waals surface area contributed by atoms with Crippen molar-refractivity contribution in [2.45, 2.75) is 51.9 Å². The molecular formula is C26H31NO. The van der Waals surface area contributed by atoms with Gasteiger partial charge in [-0.2, -0.15) is 0 Å². The van der Waals surface area contributed by atoms with Crippen LogP contribution in [0.2, 0.25) is 0 Å². The number of methoxy groups -OCH3 is 1. The minimum atomic E-state index is 0.890. The molecule has 2 heteroatoms. The minimum absolute atomic E-state index is 0.890. The Balaban J connectivity index is 1.50. The Labute approximate surface area is 169 Å². The molecule has 0 aliphatic heterocycles. The van der Waals surface area contributed by atoms with Crippen LogP contribution in [0.5, 0.6) is 5.75 Å². The molecule has 0 unspecified atom stereocenters. The van der Waals surface area contributed by atoms with Crippen molar-refractivity contribution in [1.29, 1.82) is 0 Å². The number of aryl methyl sites for hydroxylation is 3. The molecular weight excluding hydrogens is 342 g/mol. The molecule has 0 N–H and O–H groups in total. The molecule has 0 radical (unpaired) electrons. The molecule has 0 spiro atoms. The number of aromatic nitrogens is 1. The normalized spacial score (nSPS) is 10.8. The van der Waals surface area contributed by atoms with E-state index in [0.29, 0.717) is 0 Å². The van der Waals surface area contributed by atoms with E-state index in [1.54, 1.807) is 7.11 Å². The third kappa shape index (κ3) is 5.95. The first-order valence-electron chi connectivity index (χ1n) is 10.5. The zero-order valence-corrected chi connectivity index (χ0v) is 17.2. The molecule has 2 aromatic carbocycles. The summed E-state index contributed by atoms with van der Waals surface area (Å²) in [6.45, 7) is 2.25. The van der Waals surface area contributed by atoms with Crippen molar-refractivity contribution in [2.75, 3.05) is 7.11 Å². The van der Waals surface area contributed by atoms with Crippen LogP contribution >= 0.6 is 0 Å². The van der Waals surface area contributed by atoms with E-state index >= 15 is 0 Å². The van der Waals surface area contributed by atoms with Crippen LogP contribution in [0.15, 0.2) is 66.9 Å². The standard InChI is InChI=1S/C26H31NO/c1-3-4-5-6-7-25-17-12-22(20-27-25)9-8-21-10-13-23(14-11-21)24-15-18-26(28-2)19-16-24/h10-20H,3-9H2,1-2H3. The molecule has 146 valence electrons. The van der Waals surface area contributed by atoms with Gasteiger partial charge in [0.2, 0.25) is 0 Å². The average molecular weight is 374 g/mol. The first-order chi connectivity index (χ1) is 13.8. The number of hydrogen-bond donors (Lipinski definition) is 0. The van der Waals surface area contributed by atoms with Gasteiger partial charge in [0.15, 0.2) is 0 Å². The van der Waals surface area contributed by atoms with Crippen molar-refractivity contribution in [3.8, 4) is 16.9 Å². The summed E-state index contributed by atoms with van der Waals surface area (Å²) in [5.41, 5.74) is 6.35. The molecule has 0 amide bonds. The van der Waals surface area contributed by atoms with Gasteiger partial charge in [-0.1, -0.05) is 68.7 Å². The summed E-state index contributed by atoms with van der Waals surface area (Å²) in [5.74, 6) is 0.890. The van der Waals surface area contributed by atoms with Crippen molar-refractivity contribution in [3.63, 3.8) is 0 Å². The number of benzene rings is 2. The van der Waals surface area contributed by atoms with Gasteiger partial charge in [0.05, 0.1) is 7.11 Å². The van der Waals surface area contributed by atoms with E-state index in [4.69, 9.17) is 4.74 Å². The van der Waals surface area contributed by atoms with Crippen LogP contribution in [-0.4, -0.2) is 12.1 Å². The molecule has 0 aliphatic carbocycles. The SMILES string of the molecule is CCCCCCc1ccc(CCc2ccc(-c3ccc(OC)cc3)cc2)cn1. The zero-order valence-electron chi connectivity index (χ0n) is 17.2. The molecule has 2 nitrogen and oxygen atoms in total. The van der Waals surface area contributed by atoms with E-state index < -0.39 is 0 Å². The van der Waals surface area contributed by atoms with E-state index in [1.807, 2.05) is 12.1 Å². The molecule has 1 heterocycles. The fraction of sp³-hybridized carbons (Fsp3) is 0.346. The predicted molar refractivity (Wildman–Crippen MR) is 118 cm³/mol. The first kappa shape index (κ1) is 20.1. The van der Waals surface area contributed by atoms with Crippen LogP contribution in [0, 0.1) is 0 Å². The van der Waals surface area contributed by atoms with E-state index in [1.165, 1.54) is 53.6 Å². The number of unbranched alkanes of at least 4 members (excludes halogenated alkanes) is 3. The second-order valence-electron chi connectivity index (χ2n) is 7.39. The highest BCUT2D eigenvalue weighted by Crippen LogP contribution is 2.23. The number of hydrogen-bond acceptors (Lipinski definition) is 2. The summed E-state index contributed by atoms with van der Waals surface area (Å²) in [6.07, 6.45) is 10.4. The lowest BCUT2D eigenvalue weighted by molar-refractivity contribution is 0.415. The van der Waals surface area contributed by atoms with Gasteiger partial charge < -0.3 is 4.74 Å². The lowest BCUT2D eigenvalue weighted by Crippen LogP contribution is -1.95. The van der Waals surface area contributed by atoms with Crippen molar-refractivity contribution in [2.24, 2.45) is 0 Å². The largest absolute Gasteiger partial charge is 0.497 e. The average Bonchev–Trinajstić information content (AvgIpc) is 2.76. The fourth-order valence-electron chi connectivity index (χ4n) is 3.42. The van der Waals surface area contributed by atoms with Gasteiger partial charge in [-0.3, -0.25) is 4.98 Å². The summed E-state index contributed by atoms with van der Waals surface area (Å²) >= 11 is 0. The lowest BCUT2D eigenvalue weighted by atomic mass is 10.0. The second kappa shape index (κ2) is 10.7. The Hall–Kier alpha value is -2.61. The molecule has 0 atom stereocenters. The molecule has 0 fully saturated rings. The maximum absolute atomic E-state index is 5.23. The monoisotopic (exact) mass is 373 g/mol. The van der Waals surface area contributed by atoms with Gasteiger partial charge in [-0.05, 0) is 66.1 Å². The van der Waals surface area contributed by atoms with E-state index in [9.17, 15) is 0 Å². The molecule has 3 aromatic rings. The number of nitrogens with zero attached hydrogens (tertiary/aromatic N) is 1. The topological polar surface area (TPSA) is 22.1 Å². The van der Waals surface area contributed by atoms with Gasteiger partial charge in [0.25, 0.3) is 0 Å². The highest BCUT2D eigenvalue weighted by molar-refractivity contribution is 5.64. The molecule has 28 heavy (non-hydrogen) atoms. The van der Waals surface area contributed by atoms with Crippen LogP contribution in [0.25, 0.3) is 11.1 Å². The highest BCUT2D eigenvalue weighted by Gasteiger charge is 2.01. The van der Waals surface area contributed by atoms with Crippen molar-refractivity contribution >= 4 is 0 Å². The molecule has 1 aromatic heterocycles. The summed E-state index contributed by atoms with van der Waals surface area (Å²) in [5, 5.41) is 0. The Morgan fingerprint density at radius 3 is 1.93 bits per heavy atom. The Morgan fingerprint density at radius 2 is 1.32 bits per heavy atom. The van der Waals surface area contributed by atoms with Crippen LogP contribution in [0.3, 0.4) is 0 Å². The van der Waals surface area contributed by atoms with Gasteiger partial charge in [-0.25, -0.2) is 0 Å². The molecule has 3 rings (SSSR count). The van der Waals surface area contributed by atoms with Crippen molar-refractivity contribution < 1.29 is 4.74 Å². The zero-order chi connectivity index (χ0) is 19.6.